The smallest absolute Gasteiger partial charge is 0.303 e. The highest BCUT2D eigenvalue weighted by molar-refractivity contribution is 6.74. The van der Waals surface area contributed by atoms with Gasteiger partial charge in [0.05, 0.1) is 25.1 Å². The average Bonchev–Trinajstić information content (AvgIpc) is 3.83. The zero-order valence-electron chi connectivity index (χ0n) is 40.5. The highest BCUT2D eigenvalue weighted by atomic mass is 28.4. The molecule has 0 unspecified atom stereocenters. The molecule has 1 saturated heterocycles. The van der Waals surface area contributed by atoms with Gasteiger partial charge in [0, 0.05) is 32.8 Å². The third kappa shape index (κ3) is 9.77. The molecule has 2 aromatic heterocycles. The number of nitrogens with zero attached hydrogens (tertiary/aromatic N) is 4. The van der Waals surface area contributed by atoms with E-state index in [9.17, 15) is 14.4 Å². The van der Waals surface area contributed by atoms with Crippen LogP contribution in [0.3, 0.4) is 0 Å². The molecule has 1 N–H and O–H groups in total. The van der Waals surface area contributed by atoms with Gasteiger partial charge in [0.2, 0.25) is 11.8 Å². The summed E-state index contributed by atoms with van der Waals surface area (Å²) in [6, 6.07) is 14.7. The van der Waals surface area contributed by atoms with Crippen molar-refractivity contribution in [2.75, 3.05) is 18.5 Å². The van der Waals surface area contributed by atoms with Crippen LogP contribution in [0, 0.1) is 0 Å². The Kier molecular flexibility index (Phi) is 13.6. The van der Waals surface area contributed by atoms with Crippen molar-refractivity contribution < 1.29 is 46.9 Å². The summed E-state index contributed by atoms with van der Waals surface area (Å²) in [5.41, 5.74) is 1.99. The molecule has 1 aliphatic carbocycles. The fraction of sp³-hybridized carbons (Fsp3) is 0.510. The molecular weight excluding hydrogens is 875 g/mol. The van der Waals surface area contributed by atoms with Gasteiger partial charge in [0.25, 0.3) is 0 Å². The number of aromatic nitrogens is 4. The van der Waals surface area contributed by atoms with Crippen molar-refractivity contribution in [1.82, 2.24) is 19.5 Å². The number of carbonyl (C=O) groups is 3. The molecule has 15 nitrogen and oxygen atoms in total. The third-order valence-electron chi connectivity index (χ3n) is 13.6. The lowest BCUT2D eigenvalue weighted by atomic mass is 9.77. The Bertz CT molecular complexity index is 2650. The second kappa shape index (κ2) is 18.5. The number of carbonyl (C=O) groups excluding carboxylic acids is 3. The summed E-state index contributed by atoms with van der Waals surface area (Å²) in [7, 11) is -4.43. The third-order valence-corrected chi connectivity index (χ3v) is 22.6. The summed E-state index contributed by atoms with van der Waals surface area (Å²) in [5.74, 6) is -1.66. The first-order valence-corrected chi connectivity index (χ1v) is 28.4. The summed E-state index contributed by atoms with van der Waals surface area (Å²) in [6.07, 6.45) is -1.07. The van der Waals surface area contributed by atoms with Crippen LogP contribution in [0.5, 0.6) is 5.88 Å². The number of fused-ring (bicyclic) bond motifs is 6. The Hall–Kier alpha value is -5.21. The number of esters is 3. The van der Waals surface area contributed by atoms with Crippen LogP contribution in [0.25, 0.3) is 32.7 Å². The van der Waals surface area contributed by atoms with Gasteiger partial charge in [-0.3, -0.25) is 19.0 Å². The van der Waals surface area contributed by atoms with E-state index in [2.05, 4.69) is 79.6 Å². The van der Waals surface area contributed by atoms with Crippen LogP contribution in [0.2, 0.25) is 36.3 Å². The van der Waals surface area contributed by atoms with Crippen molar-refractivity contribution >= 4 is 73.2 Å². The number of rotatable bonds is 14. The van der Waals surface area contributed by atoms with Crippen LogP contribution in [0.4, 0.5) is 5.95 Å². The standard InChI is InChI=1S/C49H65N5O10Si2/c1-15-24-58-46-41-45(54(27-50-41)37-25-35(64-66(13,14)49(8,9)10)36(63-37)26-59-65(11,12)48(5,6)7)52-47(53-46)51-40-39-34(23-22-32-21-20-31-18-16-17-19-33(31)38(32)39)42(60-28(2)55)44(62-30(4)57)43(40)61-29(3)56/h15-23,27,35-37,40,42-44H,1,24-26H2,2-14H3,(H,51,52,53)/t35-,36+,37+,40-,42+,43-,44-/m0/s1. The second-order valence-electron chi connectivity index (χ2n) is 20.4. The Balaban J connectivity index is 1.39. The van der Waals surface area contributed by atoms with Crippen molar-refractivity contribution in [2.24, 2.45) is 0 Å². The monoisotopic (exact) mass is 939 g/mol. The van der Waals surface area contributed by atoms with E-state index < -0.39 is 65.1 Å². The van der Waals surface area contributed by atoms with Gasteiger partial charge in [-0.05, 0) is 63.4 Å². The molecule has 1 fully saturated rings. The number of ether oxygens (including phenoxy) is 5. The lowest BCUT2D eigenvalue weighted by Crippen LogP contribution is -2.50. The van der Waals surface area contributed by atoms with Gasteiger partial charge in [-0.25, -0.2) is 4.98 Å². The van der Waals surface area contributed by atoms with Crippen LogP contribution >= 0.6 is 0 Å². The van der Waals surface area contributed by atoms with E-state index >= 15 is 0 Å². The Morgan fingerprint density at radius 1 is 0.848 bits per heavy atom. The predicted octanol–water partition coefficient (Wildman–Crippen LogP) is 10.0. The minimum Gasteiger partial charge on any atom is -0.472 e. The SMILES string of the molecule is C=CCOc1nc(N[C@H]2c3c(ccc4ccc5ccccc5c34)[C@@H](OC(C)=O)[C@H](OC(C)=O)[C@H]2OC(C)=O)nc2c1ncn2[C@H]1C[C@H](O[Si](C)(C)C(C)(C)C)[C@@H](CO[Si](C)(C)C(C)(C)C)O1. The zero-order valence-corrected chi connectivity index (χ0v) is 42.5. The first-order chi connectivity index (χ1) is 30.9. The molecule has 5 aromatic rings. The first-order valence-electron chi connectivity index (χ1n) is 22.6. The maximum absolute atomic E-state index is 13.1. The summed E-state index contributed by atoms with van der Waals surface area (Å²) in [5, 5.41) is 6.99. The van der Waals surface area contributed by atoms with Crippen LogP contribution < -0.4 is 10.1 Å². The quantitative estimate of drug-likeness (QED) is 0.0367. The zero-order chi connectivity index (χ0) is 48.1. The van der Waals surface area contributed by atoms with E-state index in [-0.39, 0.29) is 40.7 Å². The number of imidazole rings is 1. The van der Waals surface area contributed by atoms with Crippen molar-refractivity contribution in [1.29, 1.82) is 0 Å². The van der Waals surface area contributed by atoms with Gasteiger partial charge in [0.1, 0.15) is 18.9 Å². The Morgan fingerprint density at radius 2 is 1.48 bits per heavy atom. The van der Waals surface area contributed by atoms with E-state index in [0.29, 0.717) is 35.3 Å². The lowest BCUT2D eigenvalue weighted by molar-refractivity contribution is -0.187. The molecule has 1 aliphatic heterocycles. The summed E-state index contributed by atoms with van der Waals surface area (Å²) in [4.78, 5) is 53.5. The van der Waals surface area contributed by atoms with Gasteiger partial charge < -0.3 is 37.9 Å². The van der Waals surface area contributed by atoms with Crippen molar-refractivity contribution in [3.8, 4) is 5.88 Å². The molecule has 7 atom stereocenters. The van der Waals surface area contributed by atoms with Gasteiger partial charge >= 0.3 is 17.9 Å². The normalized spacial score (nSPS) is 22.5. The predicted molar refractivity (Wildman–Crippen MR) is 258 cm³/mol. The maximum atomic E-state index is 13.1. The van der Waals surface area contributed by atoms with Crippen LogP contribution in [-0.2, 0) is 42.2 Å². The fourth-order valence-corrected chi connectivity index (χ4v) is 10.7. The van der Waals surface area contributed by atoms with E-state index in [1.807, 2.05) is 53.1 Å². The number of hydrogen-bond donors (Lipinski definition) is 1. The van der Waals surface area contributed by atoms with Gasteiger partial charge in [0.15, 0.2) is 46.1 Å². The molecule has 66 heavy (non-hydrogen) atoms. The molecule has 0 radical (unpaired) electrons. The average molecular weight is 940 g/mol. The van der Waals surface area contributed by atoms with Crippen molar-refractivity contribution in [2.45, 2.75) is 148 Å². The summed E-state index contributed by atoms with van der Waals surface area (Å²) >= 11 is 0. The van der Waals surface area contributed by atoms with Crippen LogP contribution in [0.1, 0.15) is 98.2 Å². The number of hydrogen-bond acceptors (Lipinski definition) is 14. The number of anilines is 1. The van der Waals surface area contributed by atoms with E-state index in [0.717, 1.165) is 21.5 Å². The minimum absolute atomic E-state index is 0.00419. The highest BCUT2D eigenvalue weighted by Gasteiger charge is 2.51. The van der Waals surface area contributed by atoms with Crippen molar-refractivity contribution in [3.63, 3.8) is 0 Å². The van der Waals surface area contributed by atoms with Gasteiger partial charge in [-0.2, -0.15) is 9.97 Å². The second-order valence-corrected chi connectivity index (χ2v) is 29.9. The molecule has 0 spiro atoms. The molecule has 17 heteroatoms. The molecule has 3 heterocycles. The minimum atomic E-state index is -2.27. The highest BCUT2D eigenvalue weighted by Crippen LogP contribution is 2.49. The summed E-state index contributed by atoms with van der Waals surface area (Å²) < 4.78 is 46.9. The molecule has 7 rings (SSSR count). The van der Waals surface area contributed by atoms with Crippen LogP contribution in [0.15, 0.2) is 67.5 Å². The van der Waals surface area contributed by atoms with Crippen molar-refractivity contribution in [3.05, 3.63) is 78.6 Å². The van der Waals surface area contributed by atoms with E-state index in [4.69, 9.17) is 47.5 Å². The summed E-state index contributed by atoms with van der Waals surface area (Å²) in [6.45, 7) is 30.4. The molecule has 0 bridgehead atoms. The Labute approximate surface area is 389 Å². The fourth-order valence-electron chi connectivity index (χ4n) is 8.29. The molecular formula is C49H65N5O10Si2. The topological polar surface area (TPSA) is 171 Å². The molecule has 3 aromatic carbocycles. The van der Waals surface area contributed by atoms with E-state index in [1.54, 1.807) is 12.4 Å². The van der Waals surface area contributed by atoms with Gasteiger partial charge in [-0.1, -0.05) is 103 Å². The molecule has 0 amide bonds. The molecule has 354 valence electrons. The lowest BCUT2D eigenvalue weighted by Gasteiger charge is -2.42. The Morgan fingerprint density at radius 3 is 2.14 bits per heavy atom. The van der Waals surface area contributed by atoms with E-state index in [1.165, 1.54) is 20.8 Å². The number of nitrogens with one attached hydrogen (secondary N) is 1. The first kappa shape index (κ1) is 48.7. The van der Waals surface area contributed by atoms with Gasteiger partial charge in [-0.15, -0.1) is 0 Å². The molecule has 0 saturated carbocycles. The number of benzene rings is 3. The largest absolute Gasteiger partial charge is 0.472 e. The van der Waals surface area contributed by atoms with Crippen LogP contribution in [-0.4, -0.2) is 91.7 Å². The maximum Gasteiger partial charge on any atom is 0.303 e. The molecule has 2 aliphatic rings.